The lowest BCUT2D eigenvalue weighted by Crippen LogP contribution is -2.30. The maximum absolute atomic E-state index is 13.1. The van der Waals surface area contributed by atoms with Crippen molar-refractivity contribution in [1.29, 1.82) is 0 Å². The molecule has 3 unspecified atom stereocenters. The largest absolute Gasteiger partial charge is 0.472 e. The van der Waals surface area contributed by atoms with E-state index in [1.54, 1.807) is 0 Å². The van der Waals surface area contributed by atoms with Crippen molar-refractivity contribution in [2.45, 2.75) is 419 Å². The molecule has 0 rings (SSSR count). The van der Waals surface area contributed by atoms with Crippen LogP contribution in [0.5, 0.6) is 0 Å². The Morgan fingerprint density at radius 2 is 0.531 bits per heavy atom. The minimum absolute atomic E-state index is 0.106. The first-order valence-corrected chi connectivity index (χ1v) is 43.0. The molecule has 0 aliphatic rings. The number of aliphatic hydroxyl groups excluding tert-OH is 1. The summed E-state index contributed by atoms with van der Waals surface area (Å²) in [5.74, 6) is -0.449. The fraction of sp³-hybridized carbons (Fsp3) is 0.948. The molecule has 96 heavy (non-hydrogen) atoms. The molecule has 0 radical (unpaired) electrons. The average molecular weight is 1410 g/mol. The second-order valence-corrected chi connectivity index (χ2v) is 31.4. The van der Waals surface area contributed by atoms with Crippen molar-refractivity contribution < 1.29 is 80.2 Å². The van der Waals surface area contributed by atoms with Gasteiger partial charge in [0.25, 0.3) is 0 Å². The average Bonchev–Trinajstić information content (AvgIpc) is 1.94. The van der Waals surface area contributed by atoms with Crippen LogP contribution in [0.15, 0.2) is 0 Å². The van der Waals surface area contributed by atoms with Gasteiger partial charge in [-0.05, 0) is 37.5 Å². The Hall–Kier alpha value is -1.94. The van der Waals surface area contributed by atoms with Crippen LogP contribution in [-0.2, 0) is 65.4 Å². The summed E-state index contributed by atoms with van der Waals surface area (Å²) in [5, 5.41) is 10.6. The number of aliphatic hydroxyl groups is 1. The molecule has 0 aliphatic heterocycles. The summed E-state index contributed by atoms with van der Waals surface area (Å²) in [5.41, 5.74) is 0. The maximum atomic E-state index is 13.1. The van der Waals surface area contributed by atoms with Gasteiger partial charge in [-0.1, -0.05) is 350 Å². The van der Waals surface area contributed by atoms with Crippen molar-refractivity contribution in [3.63, 3.8) is 0 Å². The minimum atomic E-state index is -4.96. The van der Waals surface area contributed by atoms with Crippen LogP contribution in [0.25, 0.3) is 0 Å². The third kappa shape index (κ3) is 69.2. The normalized spacial score (nSPS) is 14.3. The zero-order valence-electron chi connectivity index (χ0n) is 62.7. The molecule has 0 spiro atoms. The van der Waals surface area contributed by atoms with Crippen LogP contribution in [-0.4, -0.2) is 96.7 Å². The fourth-order valence-corrected chi connectivity index (χ4v) is 13.4. The number of esters is 4. The van der Waals surface area contributed by atoms with E-state index in [0.717, 1.165) is 108 Å². The lowest BCUT2D eigenvalue weighted by Gasteiger charge is -2.21. The quantitative estimate of drug-likeness (QED) is 0.0222. The van der Waals surface area contributed by atoms with Gasteiger partial charge in [-0.3, -0.25) is 37.3 Å². The molecule has 0 saturated carbocycles. The highest BCUT2D eigenvalue weighted by atomic mass is 31.2. The predicted molar refractivity (Wildman–Crippen MR) is 391 cm³/mol. The van der Waals surface area contributed by atoms with Crippen LogP contribution in [0, 0.1) is 11.8 Å². The molecule has 0 fully saturated rings. The molecular weight excluding hydrogens is 1260 g/mol. The third-order valence-corrected chi connectivity index (χ3v) is 20.2. The molecule has 0 amide bonds. The van der Waals surface area contributed by atoms with Gasteiger partial charge in [-0.25, -0.2) is 9.13 Å². The molecule has 3 N–H and O–H groups in total. The molecule has 0 aliphatic carbocycles. The minimum Gasteiger partial charge on any atom is -0.462 e. The number of ether oxygens (including phenoxy) is 4. The van der Waals surface area contributed by atoms with Crippen LogP contribution in [0.3, 0.4) is 0 Å². The topological polar surface area (TPSA) is 237 Å². The summed E-state index contributed by atoms with van der Waals surface area (Å²) in [7, 11) is -9.90. The molecule has 0 saturated heterocycles. The van der Waals surface area contributed by atoms with E-state index in [9.17, 15) is 43.2 Å². The highest BCUT2D eigenvalue weighted by Gasteiger charge is 2.30. The molecular formula is C77H150O17P2. The highest BCUT2D eigenvalue weighted by molar-refractivity contribution is 7.47. The lowest BCUT2D eigenvalue weighted by molar-refractivity contribution is -0.161. The molecule has 6 atom stereocenters. The molecule has 0 bridgehead atoms. The molecule has 570 valence electrons. The monoisotopic (exact) mass is 1410 g/mol. The van der Waals surface area contributed by atoms with E-state index in [0.29, 0.717) is 25.7 Å². The molecule has 0 aromatic carbocycles. The second-order valence-electron chi connectivity index (χ2n) is 28.5. The number of carbonyl (C=O) groups is 4. The van der Waals surface area contributed by atoms with Crippen LogP contribution >= 0.6 is 15.6 Å². The van der Waals surface area contributed by atoms with Gasteiger partial charge in [-0.2, -0.15) is 0 Å². The van der Waals surface area contributed by atoms with Gasteiger partial charge >= 0.3 is 39.5 Å². The van der Waals surface area contributed by atoms with Crippen LogP contribution in [0.2, 0.25) is 0 Å². The summed E-state index contributed by atoms with van der Waals surface area (Å²) in [6, 6.07) is 0. The van der Waals surface area contributed by atoms with Crippen molar-refractivity contribution in [2.75, 3.05) is 39.6 Å². The Kier molecular flexibility index (Phi) is 67.4. The first-order valence-electron chi connectivity index (χ1n) is 40.0. The van der Waals surface area contributed by atoms with Gasteiger partial charge < -0.3 is 33.8 Å². The SMILES string of the molecule is CCCCCCCCCCCCCC(=O)O[C@H](COC(=O)CCCCCCC)COP(=O)(O)OC[C@H](O)COP(=O)(O)OC[C@@H](COC(=O)CCCCCCCCCCCCCCCCCC(C)C)OC(=O)CCCCCCCCCCCCCCCCCCCCC(C)CC. The number of rotatable bonds is 76. The maximum Gasteiger partial charge on any atom is 0.472 e. The summed E-state index contributed by atoms with van der Waals surface area (Å²) in [6.45, 7) is 9.60. The van der Waals surface area contributed by atoms with Crippen molar-refractivity contribution in [1.82, 2.24) is 0 Å². The van der Waals surface area contributed by atoms with E-state index in [2.05, 4.69) is 41.5 Å². The number of phosphoric ester groups is 2. The van der Waals surface area contributed by atoms with E-state index >= 15 is 0 Å². The van der Waals surface area contributed by atoms with Crippen molar-refractivity contribution in [3.05, 3.63) is 0 Å². The Labute approximate surface area is 588 Å². The number of carbonyl (C=O) groups excluding carboxylic acids is 4. The Balaban J connectivity index is 5.11. The zero-order valence-corrected chi connectivity index (χ0v) is 64.5. The number of hydrogen-bond acceptors (Lipinski definition) is 15. The Morgan fingerprint density at radius 1 is 0.302 bits per heavy atom. The third-order valence-electron chi connectivity index (χ3n) is 18.3. The number of unbranched alkanes of at least 4 members (excludes halogenated alkanes) is 45. The smallest absolute Gasteiger partial charge is 0.462 e. The predicted octanol–water partition coefficient (Wildman–Crippen LogP) is 22.7. The van der Waals surface area contributed by atoms with Crippen molar-refractivity contribution in [2.24, 2.45) is 11.8 Å². The highest BCUT2D eigenvalue weighted by Crippen LogP contribution is 2.45. The van der Waals surface area contributed by atoms with E-state index < -0.39 is 97.5 Å². The lowest BCUT2D eigenvalue weighted by atomic mass is 9.99. The second kappa shape index (κ2) is 68.8. The molecule has 0 aromatic heterocycles. The van der Waals surface area contributed by atoms with E-state index in [1.165, 1.54) is 212 Å². The van der Waals surface area contributed by atoms with E-state index in [-0.39, 0.29) is 25.7 Å². The van der Waals surface area contributed by atoms with Gasteiger partial charge in [-0.15, -0.1) is 0 Å². The van der Waals surface area contributed by atoms with Gasteiger partial charge in [0.1, 0.15) is 19.3 Å². The van der Waals surface area contributed by atoms with E-state index in [1.807, 2.05) is 0 Å². The zero-order chi connectivity index (χ0) is 70.7. The summed E-state index contributed by atoms with van der Waals surface area (Å²) in [4.78, 5) is 72.5. The summed E-state index contributed by atoms with van der Waals surface area (Å²) >= 11 is 0. The summed E-state index contributed by atoms with van der Waals surface area (Å²) < 4.78 is 68.3. The van der Waals surface area contributed by atoms with Gasteiger partial charge in [0.15, 0.2) is 12.2 Å². The van der Waals surface area contributed by atoms with Gasteiger partial charge in [0.05, 0.1) is 26.4 Å². The van der Waals surface area contributed by atoms with Crippen LogP contribution in [0.1, 0.15) is 401 Å². The van der Waals surface area contributed by atoms with Crippen molar-refractivity contribution >= 4 is 39.5 Å². The molecule has 17 nitrogen and oxygen atoms in total. The summed E-state index contributed by atoms with van der Waals surface area (Å²) in [6.07, 6.45) is 57.3. The van der Waals surface area contributed by atoms with E-state index in [4.69, 9.17) is 37.0 Å². The van der Waals surface area contributed by atoms with Crippen molar-refractivity contribution in [3.8, 4) is 0 Å². The molecule has 0 heterocycles. The fourth-order valence-electron chi connectivity index (χ4n) is 11.8. The Bertz CT molecular complexity index is 1860. The first kappa shape index (κ1) is 94.1. The molecule has 0 aromatic rings. The van der Waals surface area contributed by atoms with Crippen LogP contribution < -0.4 is 0 Å². The standard InChI is InChI=1S/C77H150O17P2/c1-7-10-12-14-15-16-30-38-43-49-55-61-76(81)93-72(65-87-74(79)59-53-45-13-11-8-2)67-91-95(83,84)89-63-71(78)64-90-96(85,86)92-68-73(66-88-75(80)60-54-48-42-37-33-28-25-21-22-26-31-35-40-46-51-57-69(4)5)94-77(82)62-56-50-44-39-34-29-24-20-18-17-19-23-27-32-36-41-47-52-58-70(6)9-3/h69-73,78H,7-68H2,1-6H3,(H,83,84)(H,85,86)/t70?,71-,72+,73+/m0/s1. The molecule has 19 heteroatoms. The Morgan fingerprint density at radius 3 is 0.792 bits per heavy atom. The van der Waals surface area contributed by atoms with Gasteiger partial charge in [0, 0.05) is 25.7 Å². The van der Waals surface area contributed by atoms with Crippen LogP contribution in [0.4, 0.5) is 0 Å². The first-order chi connectivity index (χ1) is 46.4. The number of hydrogen-bond donors (Lipinski definition) is 3. The van der Waals surface area contributed by atoms with Gasteiger partial charge in [0.2, 0.25) is 0 Å². The number of phosphoric acid groups is 2.